The Balaban J connectivity index is 2.27. The van der Waals surface area contributed by atoms with Gasteiger partial charge in [-0.15, -0.1) is 0 Å². The highest BCUT2D eigenvalue weighted by Gasteiger charge is 2.32. The highest BCUT2D eigenvalue weighted by Crippen LogP contribution is 2.13. The molecule has 46 heavy (non-hydrogen) atoms. The summed E-state index contributed by atoms with van der Waals surface area (Å²) in [5, 5.41) is 22.5. The van der Waals surface area contributed by atoms with Crippen LogP contribution in [0.5, 0.6) is 0 Å². The Morgan fingerprint density at radius 1 is 0.891 bits per heavy atom. The maximum atomic E-state index is 13.8. The molecule has 1 aromatic carbocycles. The topological polar surface area (TPSA) is 201 Å². The second-order valence-electron chi connectivity index (χ2n) is 13.5. The van der Waals surface area contributed by atoms with E-state index in [0.29, 0.717) is 18.5 Å². The van der Waals surface area contributed by atoms with Crippen molar-refractivity contribution < 1.29 is 29.0 Å². The number of ether oxygens (including phenoxy) is 1. The highest BCUT2D eigenvalue weighted by atomic mass is 16.6. The van der Waals surface area contributed by atoms with Gasteiger partial charge >= 0.3 is 6.09 Å². The van der Waals surface area contributed by atoms with E-state index in [4.69, 9.17) is 10.5 Å². The van der Waals surface area contributed by atoms with Gasteiger partial charge in [-0.2, -0.15) is 0 Å². The average Bonchev–Trinajstić information content (AvgIpc) is 3.46. The Kier molecular flexibility index (Phi) is 15.2. The number of aliphatic hydroxyl groups is 1. The molecule has 0 bridgehead atoms. The average molecular weight is 644 g/mol. The van der Waals surface area contributed by atoms with E-state index in [9.17, 15) is 24.3 Å². The number of nitrogens with two attached hydrogens (primary N) is 1. The summed E-state index contributed by atoms with van der Waals surface area (Å²) in [6.07, 6.45) is 2.40. The molecule has 2 aromatic rings. The van der Waals surface area contributed by atoms with E-state index in [1.165, 1.54) is 6.33 Å². The molecule has 2 rings (SSSR count). The predicted octanol–water partition coefficient (Wildman–Crippen LogP) is 1.95. The summed E-state index contributed by atoms with van der Waals surface area (Å²) in [7, 11) is 0. The van der Waals surface area contributed by atoms with Crippen LogP contribution >= 0.6 is 0 Å². The fourth-order valence-corrected chi connectivity index (χ4v) is 4.88. The van der Waals surface area contributed by atoms with E-state index in [0.717, 1.165) is 5.56 Å². The lowest BCUT2D eigenvalue weighted by Gasteiger charge is -2.30. The van der Waals surface area contributed by atoms with E-state index in [1.54, 1.807) is 27.0 Å². The van der Waals surface area contributed by atoms with Crippen molar-refractivity contribution in [1.29, 1.82) is 0 Å². The summed E-state index contributed by atoms with van der Waals surface area (Å²) in [5.41, 5.74) is 6.10. The first-order valence-electron chi connectivity index (χ1n) is 15.9. The number of nitrogens with one attached hydrogen (secondary N) is 5. The van der Waals surface area contributed by atoms with Crippen LogP contribution in [0.1, 0.15) is 72.6 Å². The number of amides is 4. The number of aromatic amines is 1. The molecule has 5 atom stereocenters. The molecule has 0 radical (unpaired) electrons. The number of alkyl carbamates (subject to hydrolysis) is 1. The molecule has 0 spiro atoms. The van der Waals surface area contributed by atoms with Crippen molar-refractivity contribution in [2.75, 3.05) is 6.54 Å². The van der Waals surface area contributed by atoms with E-state index in [-0.39, 0.29) is 31.2 Å². The number of nitrogens with zero attached hydrogens (tertiary/aromatic N) is 1. The Labute approximate surface area is 272 Å². The Hall–Kier alpha value is -3.97. The summed E-state index contributed by atoms with van der Waals surface area (Å²) in [6.45, 7) is 13.0. The maximum Gasteiger partial charge on any atom is 0.408 e. The predicted molar refractivity (Wildman–Crippen MR) is 175 cm³/mol. The minimum atomic E-state index is -1.09. The van der Waals surface area contributed by atoms with Crippen LogP contribution in [-0.4, -0.2) is 81.3 Å². The van der Waals surface area contributed by atoms with Crippen LogP contribution in [0, 0.1) is 11.8 Å². The van der Waals surface area contributed by atoms with E-state index in [2.05, 4.69) is 31.2 Å². The number of H-pyrrole nitrogens is 1. The lowest BCUT2D eigenvalue weighted by molar-refractivity contribution is -0.131. The van der Waals surface area contributed by atoms with Crippen LogP contribution in [0.15, 0.2) is 42.9 Å². The first-order valence-corrected chi connectivity index (χ1v) is 15.9. The summed E-state index contributed by atoms with van der Waals surface area (Å²) >= 11 is 0. The van der Waals surface area contributed by atoms with Crippen molar-refractivity contribution >= 4 is 23.8 Å². The molecule has 8 N–H and O–H groups in total. The molecule has 2 unspecified atom stereocenters. The summed E-state index contributed by atoms with van der Waals surface area (Å²) in [4.78, 5) is 59.2. The maximum absolute atomic E-state index is 13.8. The molecule has 1 aromatic heterocycles. The molecule has 0 aliphatic rings. The summed E-state index contributed by atoms with van der Waals surface area (Å²) < 4.78 is 5.40. The van der Waals surface area contributed by atoms with Gasteiger partial charge < -0.3 is 41.8 Å². The van der Waals surface area contributed by atoms with Gasteiger partial charge in [0, 0.05) is 25.6 Å². The Bertz CT molecular complexity index is 1230. The van der Waals surface area contributed by atoms with Crippen LogP contribution in [0.4, 0.5) is 4.79 Å². The lowest BCUT2D eigenvalue weighted by atomic mass is 9.97. The minimum absolute atomic E-state index is 0.0212. The smallest absolute Gasteiger partial charge is 0.408 e. The highest BCUT2D eigenvalue weighted by molar-refractivity contribution is 5.91. The summed E-state index contributed by atoms with van der Waals surface area (Å²) in [5.74, 6) is -1.33. The molecule has 1 heterocycles. The number of hydrogen-bond donors (Lipinski definition) is 7. The molecular formula is C33H53N7O6. The van der Waals surface area contributed by atoms with Crippen LogP contribution in [0.3, 0.4) is 0 Å². The number of hydrogen-bond acceptors (Lipinski definition) is 8. The standard InChI is InChI=1S/C33H53N7O6/c1-20(2)13-24(28(41)18-36-25(29(34)42)14-21(3)4)38-31(44)27(16-23-17-35-19-37-23)39-30(43)26(15-22-11-9-8-10-12-22)40-32(45)46-33(5,6)7/h8-12,17,19-21,24-28,36,41H,13-16,18H2,1-7H3,(H2,34,42)(H,35,37)(H,38,44)(H,39,43)(H,40,45)/t24?,25-,26-,27-,28?/m0/s1. The van der Waals surface area contributed by atoms with Crippen molar-refractivity contribution in [2.45, 2.75) is 110 Å². The third-order valence-corrected chi connectivity index (χ3v) is 7.03. The van der Waals surface area contributed by atoms with Gasteiger partial charge in [0.25, 0.3) is 0 Å². The number of aromatic nitrogens is 2. The monoisotopic (exact) mass is 643 g/mol. The number of aliphatic hydroxyl groups excluding tert-OH is 1. The molecule has 0 saturated heterocycles. The Morgan fingerprint density at radius 2 is 1.50 bits per heavy atom. The second kappa shape index (κ2) is 18.2. The number of primary amides is 1. The molecule has 13 heteroatoms. The second-order valence-corrected chi connectivity index (χ2v) is 13.5. The molecule has 0 aliphatic carbocycles. The minimum Gasteiger partial charge on any atom is -0.444 e. The van der Waals surface area contributed by atoms with Gasteiger partial charge in [0.05, 0.1) is 30.2 Å². The van der Waals surface area contributed by atoms with Crippen molar-refractivity contribution in [3.63, 3.8) is 0 Å². The fraction of sp³-hybridized carbons (Fsp3) is 0.606. The Morgan fingerprint density at radius 3 is 2.04 bits per heavy atom. The van der Waals surface area contributed by atoms with Crippen LogP contribution in [-0.2, 0) is 32.0 Å². The van der Waals surface area contributed by atoms with E-state index in [1.807, 2.05) is 58.0 Å². The van der Waals surface area contributed by atoms with Gasteiger partial charge in [0.2, 0.25) is 17.7 Å². The zero-order chi connectivity index (χ0) is 34.4. The van der Waals surface area contributed by atoms with E-state index < -0.39 is 59.7 Å². The number of rotatable bonds is 18. The van der Waals surface area contributed by atoms with Crippen molar-refractivity contribution in [1.82, 2.24) is 31.2 Å². The number of benzene rings is 1. The fourth-order valence-electron chi connectivity index (χ4n) is 4.88. The molecule has 13 nitrogen and oxygen atoms in total. The van der Waals surface area contributed by atoms with Crippen LogP contribution in [0.2, 0.25) is 0 Å². The van der Waals surface area contributed by atoms with Crippen LogP contribution in [0.25, 0.3) is 0 Å². The molecule has 0 saturated carbocycles. The molecule has 4 amide bonds. The quantitative estimate of drug-likeness (QED) is 0.128. The number of imidazole rings is 1. The molecule has 0 aliphatic heterocycles. The number of carbonyl (C=O) groups excluding carboxylic acids is 4. The van der Waals surface area contributed by atoms with Gasteiger partial charge in [0.15, 0.2) is 0 Å². The largest absolute Gasteiger partial charge is 0.444 e. The third kappa shape index (κ3) is 14.4. The SMILES string of the molecule is CC(C)CC(NC(=O)[C@H](Cc1c[nH]cn1)NC(=O)[C@H](Cc1ccccc1)NC(=O)OC(C)(C)C)C(O)CN[C@@H](CC(C)C)C(N)=O. The molecule has 256 valence electrons. The van der Waals surface area contributed by atoms with Gasteiger partial charge in [-0.05, 0) is 51.0 Å². The van der Waals surface area contributed by atoms with Gasteiger partial charge in [-0.25, -0.2) is 9.78 Å². The zero-order valence-electron chi connectivity index (χ0n) is 28.1. The van der Waals surface area contributed by atoms with Crippen LogP contribution < -0.4 is 27.0 Å². The van der Waals surface area contributed by atoms with Crippen molar-refractivity contribution in [2.24, 2.45) is 17.6 Å². The van der Waals surface area contributed by atoms with E-state index >= 15 is 0 Å². The van der Waals surface area contributed by atoms with Crippen molar-refractivity contribution in [3.05, 3.63) is 54.1 Å². The summed E-state index contributed by atoms with van der Waals surface area (Å²) in [6, 6.07) is 5.69. The zero-order valence-corrected chi connectivity index (χ0v) is 28.1. The first-order chi connectivity index (χ1) is 21.5. The van der Waals surface area contributed by atoms with Crippen molar-refractivity contribution in [3.8, 4) is 0 Å². The van der Waals surface area contributed by atoms with Gasteiger partial charge in [0.1, 0.15) is 17.7 Å². The molecular weight excluding hydrogens is 590 g/mol. The van der Waals surface area contributed by atoms with Gasteiger partial charge in [-0.3, -0.25) is 14.4 Å². The van der Waals surface area contributed by atoms with Gasteiger partial charge in [-0.1, -0.05) is 58.0 Å². The lowest BCUT2D eigenvalue weighted by Crippen LogP contribution is -2.58. The number of carbonyl (C=O) groups is 4. The first kappa shape index (κ1) is 38.2. The third-order valence-electron chi connectivity index (χ3n) is 7.03. The normalized spacial score (nSPS) is 15.0. The molecule has 0 fully saturated rings.